The highest BCUT2D eigenvalue weighted by molar-refractivity contribution is 9.10. The lowest BCUT2D eigenvalue weighted by molar-refractivity contribution is 0.125. The molecule has 1 aliphatic carbocycles. The maximum Gasteiger partial charge on any atom is 0.164 e. The first-order valence-corrected chi connectivity index (χ1v) is 16.9. The Balaban J connectivity index is 1.34. The minimum Gasteiger partial charge on any atom is -0.456 e. The van der Waals surface area contributed by atoms with Crippen LogP contribution >= 0.6 is 15.9 Å². The first kappa shape index (κ1) is 29.8. The van der Waals surface area contributed by atoms with Crippen LogP contribution in [0.2, 0.25) is 0 Å². The van der Waals surface area contributed by atoms with Gasteiger partial charge < -0.3 is 4.42 Å². The fraction of sp³-hybridized carbons (Fsp3) is 0.214. The minimum atomic E-state index is 0.00645. The zero-order valence-corrected chi connectivity index (χ0v) is 29.1. The molecule has 0 atom stereocenters. The Kier molecular flexibility index (Phi) is 6.62. The van der Waals surface area contributed by atoms with Crippen molar-refractivity contribution >= 4 is 37.9 Å². The van der Waals surface area contributed by atoms with E-state index in [1.165, 1.54) is 16.7 Å². The molecule has 0 spiro atoms. The summed E-state index contributed by atoms with van der Waals surface area (Å²) in [7, 11) is 0. The first-order valence-electron chi connectivity index (χ1n) is 16.1. The van der Waals surface area contributed by atoms with Gasteiger partial charge in [-0.15, -0.1) is 0 Å². The Morgan fingerprint density at radius 1 is 0.511 bits per heavy atom. The summed E-state index contributed by atoms with van der Waals surface area (Å²) in [6.07, 6.45) is 0. The Morgan fingerprint density at radius 3 is 1.70 bits per heavy atom. The number of halogens is 1. The SMILES string of the molecule is CC1(C)c2cc(Br)c(-c3ccc4oc5cccc(-c6nc(-c7ccccc7)nc(-c7ccccc7)n6)c5c4c3)cc2C(C)(C)C1(C)C. The number of aromatic nitrogens is 3. The van der Waals surface area contributed by atoms with Crippen LogP contribution in [-0.4, -0.2) is 15.0 Å². The molecule has 0 fully saturated rings. The third-order valence-electron chi connectivity index (χ3n) is 11.3. The van der Waals surface area contributed by atoms with Crippen LogP contribution in [0.15, 0.2) is 118 Å². The lowest BCUT2D eigenvalue weighted by Crippen LogP contribution is -2.42. The third kappa shape index (κ3) is 4.43. The topological polar surface area (TPSA) is 51.8 Å². The Bertz CT molecular complexity index is 2280. The predicted octanol–water partition coefficient (Wildman–Crippen LogP) is 11.8. The van der Waals surface area contributed by atoms with Gasteiger partial charge in [0.25, 0.3) is 0 Å². The van der Waals surface area contributed by atoms with Crippen molar-refractivity contribution in [3.05, 3.63) is 125 Å². The van der Waals surface area contributed by atoms with E-state index >= 15 is 0 Å². The van der Waals surface area contributed by atoms with Crippen LogP contribution in [0.3, 0.4) is 0 Å². The van der Waals surface area contributed by atoms with Crippen LogP contribution in [0.1, 0.15) is 52.7 Å². The molecule has 2 aromatic heterocycles. The molecule has 4 nitrogen and oxygen atoms in total. The van der Waals surface area contributed by atoms with E-state index in [1.54, 1.807) is 0 Å². The molecule has 5 aromatic carbocycles. The molecule has 0 N–H and O–H groups in total. The summed E-state index contributed by atoms with van der Waals surface area (Å²) in [6, 6.07) is 37.6. The van der Waals surface area contributed by atoms with Gasteiger partial charge in [0.1, 0.15) is 11.2 Å². The third-order valence-corrected chi connectivity index (χ3v) is 12.0. The van der Waals surface area contributed by atoms with Gasteiger partial charge in [0.05, 0.1) is 0 Å². The van der Waals surface area contributed by atoms with Gasteiger partial charge in [-0.25, -0.2) is 15.0 Å². The van der Waals surface area contributed by atoms with E-state index < -0.39 is 0 Å². The number of benzene rings is 5. The molecule has 0 saturated heterocycles. The molecule has 0 amide bonds. The van der Waals surface area contributed by atoms with E-state index in [2.05, 4.69) is 93.9 Å². The highest BCUT2D eigenvalue weighted by Gasteiger charge is 2.56. The number of hydrogen-bond acceptors (Lipinski definition) is 4. The monoisotopic (exact) mass is 677 g/mol. The smallest absolute Gasteiger partial charge is 0.164 e. The van der Waals surface area contributed by atoms with E-state index in [4.69, 9.17) is 19.4 Å². The largest absolute Gasteiger partial charge is 0.456 e. The highest BCUT2D eigenvalue weighted by Crippen LogP contribution is 2.62. The molecular weight excluding hydrogens is 642 g/mol. The Hall–Kier alpha value is -4.61. The molecule has 5 heteroatoms. The summed E-state index contributed by atoms with van der Waals surface area (Å²) in [4.78, 5) is 15.0. The fourth-order valence-electron chi connectivity index (χ4n) is 7.39. The van der Waals surface area contributed by atoms with Crippen molar-refractivity contribution in [3.63, 3.8) is 0 Å². The molecule has 7 aromatic rings. The van der Waals surface area contributed by atoms with Crippen molar-refractivity contribution in [2.24, 2.45) is 5.41 Å². The van der Waals surface area contributed by atoms with Crippen molar-refractivity contribution in [1.29, 1.82) is 0 Å². The molecule has 0 aliphatic heterocycles. The molecule has 2 heterocycles. The lowest BCUT2D eigenvalue weighted by atomic mass is 9.59. The zero-order valence-electron chi connectivity index (χ0n) is 27.5. The Labute approximate surface area is 284 Å². The van der Waals surface area contributed by atoms with E-state index in [-0.39, 0.29) is 16.2 Å². The van der Waals surface area contributed by atoms with Crippen molar-refractivity contribution in [2.45, 2.75) is 52.4 Å². The predicted molar refractivity (Wildman–Crippen MR) is 196 cm³/mol. The second-order valence-corrected chi connectivity index (χ2v) is 15.1. The molecule has 0 radical (unpaired) electrons. The number of fused-ring (bicyclic) bond motifs is 4. The van der Waals surface area contributed by atoms with Crippen LogP contribution in [0, 0.1) is 5.41 Å². The number of furan rings is 1. The van der Waals surface area contributed by atoms with E-state index in [1.807, 2.05) is 72.8 Å². The summed E-state index contributed by atoms with van der Waals surface area (Å²) < 4.78 is 7.54. The standard InChI is InChI=1S/C42H36BrN3O/c1-40(2)31-23-29(33(43)24-32(31)41(3,4)42(40,5)6)27-20-21-34-30(22-27)36-28(18-13-19-35(36)47-34)39-45-37(25-14-9-7-10-15-25)44-38(46-39)26-16-11-8-12-17-26/h7-24H,1-6H3. The van der Waals surface area contributed by atoms with Gasteiger partial charge in [-0.05, 0) is 68.8 Å². The maximum absolute atomic E-state index is 6.44. The lowest BCUT2D eigenvalue weighted by Gasteiger charge is -2.44. The highest BCUT2D eigenvalue weighted by atomic mass is 79.9. The number of hydrogen-bond donors (Lipinski definition) is 0. The van der Waals surface area contributed by atoms with E-state index in [0.29, 0.717) is 17.5 Å². The summed E-state index contributed by atoms with van der Waals surface area (Å²) in [6.45, 7) is 14.3. The quantitative estimate of drug-likeness (QED) is 0.186. The average Bonchev–Trinajstić information content (AvgIpc) is 3.50. The molecule has 0 unspecified atom stereocenters. The molecule has 232 valence electrons. The average molecular weight is 679 g/mol. The van der Waals surface area contributed by atoms with Gasteiger partial charge in [0.2, 0.25) is 0 Å². The summed E-state index contributed by atoms with van der Waals surface area (Å²) in [5.74, 6) is 1.88. The summed E-state index contributed by atoms with van der Waals surface area (Å²) >= 11 is 3.98. The van der Waals surface area contributed by atoms with Crippen LogP contribution in [-0.2, 0) is 10.8 Å². The second-order valence-electron chi connectivity index (χ2n) is 14.3. The summed E-state index contributed by atoms with van der Waals surface area (Å²) in [5.41, 5.74) is 9.69. The molecular formula is C42H36BrN3O. The van der Waals surface area contributed by atoms with Gasteiger partial charge in [0.15, 0.2) is 17.5 Å². The van der Waals surface area contributed by atoms with E-state index in [9.17, 15) is 0 Å². The van der Waals surface area contributed by atoms with Gasteiger partial charge in [-0.1, -0.05) is 136 Å². The normalized spacial score (nSPS) is 16.1. The van der Waals surface area contributed by atoms with Crippen molar-refractivity contribution < 1.29 is 4.42 Å². The second kappa shape index (κ2) is 10.4. The van der Waals surface area contributed by atoms with Crippen molar-refractivity contribution in [1.82, 2.24) is 15.0 Å². The van der Waals surface area contributed by atoms with Gasteiger partial charge in [-0.3, -0.25) is 0 Å². The molecule has 47 heavy (non-hydrogen) atoms. The van der Waals surface area contributed by atoms with Gasteiger partial charge in [0, 0.05) is 31.9 Å². The zero-order chi connectivity index (χ0) is 32.7. The molecule has 0 saturated carbocycles. The van der Waals surface area contributed by atoms with E-state index in [0.717, 1.165) is 48.7 Å². The number of nitrogens with zero attached hydrogens (tertiary/aromatic N) is 3. The molecule has 8 rings (SSSR count). The van der Waals surface area contributed by atoms with Crippen LogP contribution < -0.4 is 0 Å². The van der Waals surface area contributed by atoms with Gasteiger partial charge in [-0.2, -0.15) is 0 Å². The van der Waals surface area contributed by atoms with Crippen LogP contribution in [0.5, 0.6) is 0 Å². The summed E-state index contributed by atoms with van der Waals surface area (Å²) in [5, 5.41) is 2.02. The number of rotatable bonds is 4. The molecule has 0 bridgehead atoms. The maximum atomic E-state index is 6.44. The molecule has 1 aliphatic rings. The van der Waals surface area contributed by atoms with Crippen LogP contribution in [0.4, 0.5) is 0 Å². The van der Waals surface area contributed by atoms with Crippen molar-refractivity contribution in [3.8, 4) is 45.3 Å². The van der Waals surface area contributed by atoms with Crippen molar-refractivity contribution in [2.75, 3.05) is 0 Å². The van der Waals surface area contributed by atoms with Crippen LogP contribution in [0.25, 0.3) is 67.2 Å². The minimum absolute atomic E-state index is 0.00645. The van der Waals surface area contributed by atoms with Gasteiger partial charge >= 0.3 is 0 Å². The first-order chi connectivity index (χ1) is 22.5. The Morgan fingerprint density at radius 2 is 1.09 bits per heavy atom. The fourth-order valence-corrected chi connectivity index (χ4v) is 7.97.